The van der Waals surface area contributed by atoms with E-state index >= 15 is 0 Å². The molecule has 0 spiro atoms. The zero-order valence-corrected chi connectivity index (χ0v) is 13.2. The van der Waals surface area contributed by atoms with E-state index in [9.17, 15) is 4.79 Å². The summed E-state index contributed by atoms with van der Waals surface area (Å²) < 4.78 is 7.22. The normalized spacial score (nSPS) is 15.6. The third kappa shape index (κ3) is 2.63. The smallest absolute Gasteiger partial charge is 0.290 e. The molecular weight excluding hydrogens is 282 g/mol. The molecule has 1 amide bonds. The predicted molar refractivity (Wildman–Crippen MR) is 79.4 cm³/mol. The van der Waals surface area contributed by atoms with Crippen molar-refractivity contribution in [3.05, 3.63) is 29.2 Å². The molecule has 0 saturated heterocycles. The molecule has 0 fully saturated rings. The monoisotopic (exact) mass is 303 g/mol. The summed E-state index contributed by atoms with van der Waals surface area (Å²) in [6.45, 7) is 5.99. The van der Waals surface area contributed by atoms with Crippen molar-refractivity contribution < 1.29 is 9.32 Å². The molecule has 2 aromatic heterocycles. The molecule has 1 unspecified atom stereocenters. The van der Waals surface area contributed by atoms with Crippen molar-refractivity contribution >= 4 is 5.91 Å². The lowest BCUT2D eigenvalue weighted by atomic mass is 9.96. The van der Waals surface area contributed by atoms with Crippen molar-refractivity contribution in [3.8, 4) is 0 Å². The first-order valence-corrected chi connectivity index (χ1v) is 7.75. The highest BCUT2D eigenvalue weighted by Crippen LogP contribution is 2.24. The van der Waals surface area contributed by atoms with Crippen LogP contribution in [-0.2, 0) is 12.8 Å². The second-order valence-corrected chi connectivity index (χ2v) is 6.03. The lowest BCUT2D eigenvalue weighted by Gasteiger charge is -2.16. The van der Waals surface area contributed by atoms with Gasteiger partial charge in [-0.15, -0.1) is 10.2 Å². The fourth-order valence-electron chi connectivity index (χ4n) is 2.86. The van der Waals surface area contributed by atoms with Crippen LogP contribution in [0.15, 0.2) is 10.9 Å². The number of carbonyl (C=O) groups excluding carboxylic acids is 1. The Morgan fingerprint density at radius 3 is 2.86 bits per heavy atom. The SMILES string of the molecule is CC(NC(=O)c1onc2c1CCCC2)c1nncn1C(C)C. The lowest BCUT2D eigenvalue weighted by molar-refractivity contribution is 0.0898. The van der Waals surface area contributed by atoms with Crippen molar-refractivity contribution in [1.82, 2.24) is 25.2 Å². The predicted octanol–water partition coefficient (Wildman–Crippen LogP) is 2.22. The second-order valence-electron chi connectivity index (χ2n) is 6.03. The van der Waals surface area contributed by atoms with E-state index in [1.165, 1.54) is 0 Å². The molecule has 7 heteroatoms. The number of fused-ring (bicyclic) bond motifs is 1. The summed E-state index contributed by atoms with van der Waals surface area (Å²) in [5.74, 6) is 0.843. The first-order chi connectivity index (χ1) is 10.6. The summed E-state index contributed by atoms with van der Waals surface area (Å²) in [5.41, 5.74) is 1.88. The minimum Gasteiger partial charge on any atom is -0.350 e. The number of amides is 1. The maximum atomic E-state index is 12.5. The van der Waals surface area contributed by atoms with Crippen LogP contribution in [0, 0.1) is 0 Å². The molecule has 1 aliphatic carbocycles. The Morgan fingerprint density at radius 2 is 2.09 bits per heavy atom. The molecule has 3 rings (SSSR count). The number of hydrogen-bond acceptors (Lipinski definition) is 5. The third-order valence-corrected chi connectivity index (χ3v) is 4.06. The van der Waals surface area contributed by atoms with Crippen LogP contribution in [-0.4, -0.2) is 25.8 Å². The molecule has 0 saturated carbocycles. The average Bonchev–Trinajstić information content (AvgIpc) is 3.14. The quantitative estimate of drug-likeness (QED) is 0.936. The fourth-order valence-corrected chi connectivity index (χ4v) is 2.86. The van der Waals surface area contributed by atoms with Gasteiger partial charge in [-0.2, -0.15) is 0 Å². The van der Waals surface area contributed by atoms with E-state index in [0.717, 1.165) is 42.8 Å². The Labute approximate surface area is 129 Å². The summed E-state index contributed by atoms with van der Waals surface area (Å²) in [5, 5.41) is 15.0. The number of aryl methyl sites for hydroxylation is 1. The van der Waals surface area contributed by atoms with Gasteiger partial charge in [0.25, 0.3) is 5.91 Å². The summed E-state index contributed by atoms with van der Waals surface area (Å²) in [6, 6.07) is -0.0101. The van der Waals surface area contributed by atoms with Crippen LogP contribution < -0.4 is 5.32 Å². The zero-order valence-electron chi connectivity index (χ0n) is 13.2. The molecule has 2 aromatic rings. The van der Waals surface area contributed by atoms with E-state index in [1.807, 2.05) is 25.3 Å². The Bertz CT molecular complexity index is 673. The van der Waals surface area contributed by atoms with Crippen LogP contribution in [0.1, 0.15) is 73.3 Å². The molecule has 0 radical (unpaired) electrons. The van der Waals surface area contributed by atoms with Gasteiger partial charge >= 0.3 is 0 Å². The molecule has 0 bridgehead atoms. The maximum absolute atomic E-state index is 12.5. The van der Waals surface area contributed by atoms with E-state index in [1.54, 1.807) is 6.33 Å². The van der Waals surface area contributed by atoms with Gasteiger partial charge in [-0.3, -0.25) is 4.79 Å². The highest BCUT2D eigenvalue weighted by atomic mass is 16.5. The molecule has 0 aromatic carbocycles. The minimum atomic E-state index is -0.248. The second kappa shape index (κ2) is 5.90. The van der Waals surface area contributed by atoms with Gasteiger partial charge in [-0.1, -0.05) is 5.16 Å². The van der Waals surface area contributed by atoms with Crippen molar-refractivity contribution in [2.24, 2.45) is 0 Å². The number of nitrogens with zero attached hydrogens (tertiary/aromatic N) is 4. The number of rotatable bonds is 4. The average molecular weight is 303 g/mol. The Hall–Kier alpha value is -2.18. The Balaban J connectivity index is 1.76. The van der Waals surface area contributed by atoms with Gasteiger partial charge < -0.3 is 14.4 Å². The maximum Gasteiger partial charge on any atom is 0.290 e. The largest absolute Gasteiger partial charge is 0.350 e. The van der Waals surface area contributed by atoms with Gasteiger partial charge in [0.15, 0.2) is 5.82 Å². The molecule has 118 valence electrons. The molecule has 22 heavy (non-hydrogen) atoms. The molecule has 0 aliphatic heterocycles. The van der Waals surface area contributed by atoms with Gasteiger partial charge in [0.1, 0.15) is 6.33 Å². The van der Waals surface area contributed by atoms with E-state index in [0.29, 0.717) is 5.76 Å². The van der Waals surface area contributed by atoms with Gasteiger partial charge in [-0.05, 0) is 46.5 Å². The van der Waals surface area contributed by atoms with Crippen LogP contribution in [0.3, 0.4) is 0 Å². The van der Waals surface area contributed by atoms with Gasteiger partial charge in [0.2, 0.25) is 5.76 Å². The summed E-state index contributed by atoms with van der Waals surface area (Å²) in [6.07, 6.45) is 5.61. The zero-order chi connectivity index (χ0) is 15.7. The Morgan fingerprint density at radius 1 is 1.32 bits per heavy atom. The van der Waals surface area contributed by atoms with Crippen LogP contribution in [0.4, 0.5) is 0 Å². The molecule has 1 N–H and O–H groups in total. The third-order valence-electron chi connectivity index (χ3n) is 4.06. The van der Waals surface area contributed by atoms with Gasteiger partial charge in [0.05, 0.1) is 11.7 Å². The van der Waals surface area contributed by atoms with Crippen LogP contribution in [0.25, 0.3) is 0 Å². The van der Waals surface area contributed by atoms with E-state index < -0.39 is 0 Å². The van der Waals surface area contributed by atoms with E-state index in [-0.39, 0.29) is 18.0 Å². The highest BCUT2D eigenvalue weighted by Gasteiger charge is 2.26. The van der Waals surface area contributed by atoms with Crippen molar-refractivity contribution in [2.45, 2.75) is 58.5 Å². The summed E-state index contributed by atoms with van der Waals surface area (Å²) >= 11 is 0. The van der Waals surface area contributed by atoms with Crippen LogP contribution in [0.5, 0.6) is 0 Å². The number of aromatic nitrogens is 4. The van der Waals surface area contributed by atoms with Crippen molar-refractivity contribution in [1.29, 1.82) is 0 Å². The Kier molecular flexibility index (Phi) is 3.96. The molecule has 1 aliphatic rings. The molecular formula is C15H21N5O2. The topological polar surface area (TPSA) is 85.8 Å². The highest BCUT2D eigenvalue weighted by molar-refractivity contribution is 5.93. The number of carbonyl (C=O) groups is 1. The lowest BCUT2D eigenvalue weighted by Crippen LogP contribution is -2.29. The molecule has 1 atom stereocenters. The van der Waals surface area contributed by atoms with E-state index in [4.69, 9.17) is 4.52 Å². The number of hydrogen-bond donors (Lipinski definition) is 1. The molecule has 2 heterocycles. The minimum absolute atomic E-state index is 0.235. The van der Waals surface area contributed by atoms with E-state index in [2.05, 4.69) is 20.7 Å². The summed E-state index contributed by atoms with van der Waals surface area (Å²) in [4.78, 5) is 12.5. The molecule has 7 nitrogen and oxygen atoms in total. The standard InChI is InChI=1S/C15H21N5O2/c1-9(2)20-8-16-18-14(20)10(3)17-15(21)13-11-6-4-5-7-12(11)19-22-13/h8-10H,4-7H2,1-3H3,(H,17,21). The van der Waals surface area contributed by atoms with Crippen LogP contribution >= 0.6 is 0 Å². The van der Waals surface area contributed by atoms with Crippen molar-refractivity contribution in [2.75, 3.05) is 0 Å². The fraction of sp³-hybridized carbons (Fsp3) is 0.600. The van der Waals surface area contributed by atoms with Gasteiger partial charge in [0, 0.05) is 11.6 Å². The van der Waals surface area contributed by atoms with Gasteiger partial charge in [-0.25, -0.2) is 0 Å². The first kappa shape index (κ1) is 14.7. The van der Waals surface area contributed by atoms with Crippen molar-refractivity contribution in [3.63, 3.8) is 0 Å². The first-order valence-electron chi connectivity index (χ1n) is 7.75. The van der Waals surface area contributed by atoms with Crippen LogP contribution in [0.2, 0.25) is 0 Å². The number of nitrogens with one attached hydrogen (secondary N) is 1. The summed E-state index contributed by atoms with van der Waals surface area (Å²) in [7, 11) is 0.